The fourth-order valence-corrected chi connectivity index (χ4v) is 7.83. The van der Waals surface area contributed by atoms with Crippen molar-refractivity contribution in [2.75, 3.05) is 16.8 Å². The summed E-state index contributed by atoms with van der Waals surface area (Å²) in [5.41, 5.74) is 6.48. The van der Waals surface area contributed by atoms with Crippen LogP contribution in [0.3, 0.4) is 0 Å². The second-order valence-electron chi connectivity index (χ2n) is 13.1. The van der Waals surface area contributed by atoms with E-state index in [4.69, 9.17) is 9.72 Å². The van der Waals surface area contributed by atoms with Crippen molar-refractivity contribution >= 4 is 70.4 Å². The van der Waals surface area contributed by atoms with Crippen LogP contribution in [0.2, 0.25) is 0 Å². The van der Waals surface area contributed by atoms with Crippen LogP contribution >= 0.6 is 11.3 Å². The van der Waals surface area contributed by atoms with Gasteiger partial charge in [0.25, 0.3) is 0 Å². The minimum atomic E-state index is -0.000319. The van der Waals surface area contributed by atoms with E-state index >= 15 is 0 Å². The van der Waals surface area contributed by atoms with Gasteiger partial charge < -0.3 is 19.1 Å². The van der Waals surface area contributed by atoms with Gasteiger partial charge in [0.2, 0.25) is 0 Å². The average Bonchev–Trinajstić information content (AvgIpc) is 3.73. The molecule has 0 fully saturated rings. The van der Waals surface area contributed by atoms with Gasteiger partial charge in [-0.25, -0.2) is 4.98 Å². The van der Waals surface area contributed by atoms with Gasteiger partial charge in [-0.1, -0.05) is 62.7 Å². The molecule has 240 valence electrons. The summed E-state index contributed by atoms with van der Waals surface area (Å²) in [6.07, 6.45) is 1.90. The third-order valence-electron chi connectivity index (χ3n) is 9.03. The fraction of sp³-hybridized carbons (Fsp3) is 0.122. The topological polar surface area (TPSA) is 33.5 Å². The number of hydrogen-bond donors (Lipinski definition) is 0. The van der Waals surface area contributed by atoms with E-state index in [1.54, 1.807) is 0 Å². The van der Waals surface area contributed by atoms with Gasteiger partial charge in [0.1, 0.15) is 5.82 Å². The Kier molecular flexibility index (Phi) is 7.35. The zero-order valence-electron chi connectivity index (χ0n) is 26.9. The van der Waals surface area contributed by atoms with E-state index in [1.807, 2.05) is 35.7 Å². The summed E-state index contributed by atoms with van der Waals surface area (Å²) in [5.74, 6) is 2.11. The molecule has 0 radical (unpaired) electrons. The number of nitrogens with zero attached hydrogens (tertiary/aromatic N) is 4. The molecule has 5 nitrogen and oxygen atoms in total. The van der Waals surface area contributed by atoms with Crippen molar-refractivity contribution in [1.29, 1.82) is 0 Å². The van der Waals surface area contributed by atoms with E-state index < -0.39 is 0 Å². The Morgan fingerprint density at radius 1 is 0.771 bits per heavy atom. The largest absolute Gasteiger partial charge is 0.509 e. The van der Waals surface area contributed by atoms with Gasteiger partial charge in [-0.3, -0.25) is 0 Å². The van der Waals surface area contributed by atoms with Crippen LogP contribution in [0.25, 0.3) is 47.8 Å². The zero-order chi connectivity index (χ0) is 31.9. The van der Waals surface area contributed by atoms with Crippen LogP contribution in [-0.4, -0.2) is 16.6 Å². The normalized spacial score (nSPS) is 13.1. The van der Waals surface area contributed by atoms with Crippen LogP contribution in [0.4, 0.5) is 17.1 Å². The zero-order valence-corrected chi connectivity index (χ0v) is 30.0. The molecular formula is C41H31N4OPtS-3. The number of thiophene rings is 1. The second-order valence-corrected chi connectivity index (χ2v) is 14.2. The molecule has 0 bridgehead atoms. The number of anilines is 3. The minimum absolute atomic E-state index is 0. The number of aromatic nitrogens is 2. The molecule has 48 heavy (non-hydrogen) atoms. The van der Waals surface area contributed by atoms with Crippen LogP contribution in [0, 0.1) is 18.8 Å². The molecule has 5 aromatic carbocycles. The van der Waals surface area contributed by atoms with Crippen LogP contribution < -0.4 is 14.5 Å². The maximum Gasteiger partial charge on any atom is 0.135 e. The van der Waals surface area contributed by atoms with Gasteiger partial charge in [0.15, 0.2) is 0 Å². The van der Waals surface area contributed by atoms with E-state index in [-0.39, 0.29) is 26.5 Å². The molecule has 0 saturated heterocycles. The molecule has 0 unspecified atom stereocenters. The molecule has 8 aromatic rings. The van der Waals surface area contributed by atoms with Gasteiger partial charge in [-0.2, -0.15) is 18.8 Å². The van der Waals surface area contributed by atoms with Gasteiger partial charge >= 0.3 is 0 Å². The molecule has 7 heteroatoms. The quantitative estimate of drug-likeness (QED) is 0.166. The molecule has 4 heterocycles. The van der Waals surface area contributed by atoms with E-state index in [9.17, 15) is 0 Å². The average molecular weight is 823 g/mol. The predicted octanol–water partition coefficient (Wildman–Crippen LogP) is 10.9. The van der Waals surface area contributed by atoms with Crippen LogP contribution in [0.5, 0.6) is 11.5 Å². The monoisotopic (exact) mass is 822 g/mol. The summed E-state index contributed by atoms with van der Waals surface area (Å²) in [4.78, 5) is 9.21. The summed E-state index contributed by atoms with van der Waals surface area (Å²) in [6.45, 7) is 8.80. The van der Waals surface area contributed by atoms with E-state index in [0.29, 0.717) is 11.5 Å². The molecule has 0 amide bonds. The predicted molar refractivity (Wildman–Crippen MR) is 196 cm³/mol. The first-order valence-electron chi connectivity index (χ1n) is 15.8. The molecule has 0 saturated carbocycles. The van der Waals surface area contributed by atoms with Gasteiger partial charge in [0.05, 0.1) is 0 Å². The van der Waals surface area contributed by atoms with Crippen molar-refractivity contribution in [1.82, 2.24) is 9.55 Å². The minimum Gasteiger partial charge on any atom is -0.509 e. The van der Waals surface area contributed by atoms with Crippen molar-refractivity contribution in [2.45, 2.75) is 26.2 Å². The smallest absolute Gasteiger partial charge is 0.135 e. The van der Waals surface area contributed by atoms with Gasteiger partial charge in [-0.05, 0) is 59.8 Å². The van der Waals surface area contributed by atoms with Crippen LogP contribution in [-0.2, 0) is 26.5 Å². The Morgan fingerprint density at radius 2 is 1.56 bits per heavy atom. The molecule has 0 spiro atoms. The summed E-state index contributed by atoms with van der Waals surface area (Å²) in [6, 6.07) is 43.1. The first-order chi connectivity index (χ1) is 22.8. The van der Waals surface area contributed by atoms with Crippen molar-refractivity contribution in [3.8, 4) is 17.3 Å². The van der Waals surface area contributed by atoms with Crippen LogP contribution in [0.15, 0.2) is 109 Å². The SMILES string of the molecule is CN1[CH-]N(c2[c-]c(Oc3[c-]c4c(cc3)c3ccccc3n4-c3cc(C(C)(C)C)ccn3)ccc2)c2c1ccc1sc3ccccc3c21.[Pt]. The van der Waals surface area contributed by atoms with E-state index in [1.165, 1.54) is 31.4 Å². The number of para-hydroxylation sites is 1. The number of fused-ring (bicyclic) bond motifs is 8. The first kappa shape index (κ1) is 30.7. The summed E-state index contributed by atoms with van der Waals surface area (Å²) >= 11 is 1.83. The Hall–Kier alpha value is -4.64. The third-order valence-corrected chi connectivity index (χ3v) is 10.2. The van der Waals surface area contributed by atoms with Crippen LogP contribution in [0.1, 0.15) is 26.3 Å². The molecule has 0 aliphatic carbocycles. The van der Waals surface area contributed by atoms with Gasteiger partial charge in [-0.15, -0.1) is 52.7 Å². The molecule has 1 aliphatic heterocycles. The number of benzene rings is 5. The van der Waals surface area contributed by atoms with Crippen molar-refractivity contribution in [3.63, 3.8) is 0 Å². The molecule has 0 atom stereocenters. The standard InChI is InChI=1S/C41H31N4OS.Pt/c1-41(2,3)26-20-21-42-38(22-26)45-33-14-7-5-12-30(33)31-17-16-29(24-35(31)45)46-28-11-9-10-27(23-28)44-25-43(4)34-18-19-37-39(40(34)44)32-13-6-8-15-36(32)47-37;/h5-22,25H,1-4H3;/q-3;. The molecular weight excluding hydrogens is 792 g/mol. The molecule has 3 aromatic heterocycles. The maximum atomic E-state index is 6.51. The van der Waals surface area contributed by atoms with Crippen molar-refractivity contribution < 1.29 is 25.8 Å². The summed E-state index contributed by atoms with van der Waals surface area (Å²) < 4.78 is 11.3. The molecule has 9 rings (SSSR count). The summed E-state index contributed by atoms with van der Waals surface area (Å²) in [7, 11) is 2.09. The van der Waals surface area contributed by atoms with E-state index in [0.717, 1.165) is 39.0 Å². The van der Waals surface area contributed by atoms with Crippen molar-refractivity contribution in [2.24, 2.45) is 0 Å². The number of pyridine rings is 1. The number of rotatable bonds is 4. The third kappa shape index (κ3) is 4.89. The Morgan fingerprint density at radius 3 is 2.42 bits per heavy atom. The molecule has 0 N–H and O–H groups in total. The first-order valence-corrected chi connectivity index (χ1v) is 16.6. The van der Waals surface area contributed by atoms with Crippen molar-refractivity contribution in [3.05, 3.63) is 134 Å². The maximum absolute atomic E-state index is 6.51. The fourth-order valence-electron chi connectivity index (χ4n) is 6.73. The van der Waals surface area contributed by atoms with Gasteiger partial charge in [0, 0.05) is 75.8 Å². The number of ether oxygens (including phenoxy) is 1. The Balaban J connectivity index is 0.00000336. The Labute approximate surface area is 298 Å². The second kappa shape index (κ2) is 11.5. The Bertz CT molecular complexity index is 2510. The molecule has 1 aliphatic rings. The summed E-state index contributed by atoms with van der Waals surface area (Å²) in [5, 5.41) is 4.79. The number of hydrogen-bond acceptors (Lipinski definition) is 5. The van der Waals surface area contributed by atoms with E-state index in [2.05, 4.69) is 146 Å².